The van der Waals surface area contributed by atoms with E-state index in [1.165, 1.54) is 34.0 Å². The molecular weight excluding hydrogens is 392 g/mol. The number of aryl methyl sites for hydroxylation is 1. The highest BCUT2D eigenvalue weighted by molar-refractivity contribution is 7.89. The number of thiazole rings is 1. The fourth-order valence-electron chi connectivity index (χ4n) is 2.46. The average molecular weight is 412 g/mol. The number of ether oxygens (including phenoxy) is 3. The van der Waals surface area contributed by atoms with E-state index in [-0.39, 0.29) is 18.1 Å². The predicted octanol–water partition coefficient (Wildman–Crippen LogP) is 1.71. The van der Waals surface area contributed by atoms with Gasteiger partial charge in [-0.2, -0.15) is 4.31 Å². The molecule has 0 unspecified atom stereocenters. The molecule has 0 radical (unpaired) electrons. The van der Waals surface area contributed by atoms with Crippen molar-refractivity contribution in [3.8, 4) is 5.75 Å². The van der Waals surface area contributed by atoms with Crippen LogP contribution in [0.2, 0.25) is 0 Å². The van der Waals surface area contributed by atoms with Gasteiger partial charge in [-0.05, 0) is 31.2 Å². The lowest BCUT2D eigenvalue weighted by Crippen LogP contribution is -2.40. The number of hydrogen-bond donors (Lipinski definition) is 0. The minimum atomic E-state index is -3.52. The number of esters is 1. The van der Waals surface area contributed by atoms with Crippen molar-refractivity contribution in [1.82, 2.24) is 9.29 Å². The van der Waals surface area contributed by atoms with Crippen molar-refractivity contribution in [2.45, 2.75) is 11.8 Å². The normalized spacial score (nSPS) is 15.4. The molecule has 10 heteroatoms. The number of carbonyl (C=O) groups excluding carboxylic acids is 1. The monoisotopic (exact) mass is 412 g/mol. The average Bonchev–Trinajstić information content (AvgIpc) is 3.13. The number of sulfonamides is 1. The topological polar surface area (TPSA) is 95.0 Å². The van der Waals surface area contributed by atoms with Gasteiger partial charge in [0.05, 0.1) is 29.3 Å². The Labute approximate surface area is 161 Å². The van der Waals surface area contributed by atoms with Crippen LogP contribution in [0.4, 0.5) is 0 Å². The molecule has 2 heterocycles. The molecule has 1 saturated heterocycles. The molecular formula is C17H20N2O6S2. The summed E-state index contributed by atoms with van der Waals surface area (Å²) in [5.74, 6) is 0.0664. The van der Waals surface area contributed by atoms with Gasteiger partial charge in [0.1, 0.15) is 23.8 Å². The zero-order valence-corrected chi connectivity index (χ0v) is 16.4. The fourth-order valence-corrected chi connectivity index (χ4v) is 4.54. The molecule has 8 nitrogen and oxygen atoms in total. The lowest BCUT2D eigenvalue weighted by atomic mass is 10.3. The third-order valence-corrected chi connectivity index (χ3v) is 6.64. The highest BCUT2D eigenvalue weighted by Gasteiger charge is 2.26. The summed E-state index contributed by atoms with van der Waals surface area (Å²) in [6, 6.07) is 6.18. The van der Waals surface area contributed by atoms with E-state index in [1.807, 2.05) is 6.92 Å². The smallest absolute Gasteiger partial charge is 0.350 e. The van der Waals surface area contributed by atoms with Crippen LogP contribution in [-0.2, 0) is 19.5 Å². The highest BCUT2D eigenvalue weighted by Crippen LogP contribution is 2.20. The molecule has 1 fully saturated rings. The number of aromatic nitrogens is 1. The zero-order chi connectivity index (χ0) is 19.3. The lowest BCUT2D eigenvalue weighted by molar-refractivity contribution is 0.0455. The number of morpholine rings is 1. The molecule has 0 aliphatic carbocycles. The number of carbonyl (C=O) groups is 1. The Morgan fingerprint density at radius 2 is 1.93 bits per heavy atom. The first kappa shape index (κ1) is 19.7. The highest BCUT2D eigenvalue weighted by atomic mass is 32.2. The van der Waals surface area contributed by atoms with Crippen LogP contribution in [0.25, 0.3) is 0 Å². The van der Waals surface area contributed by atoms with E-state index in [2.05, 4.69) is 4.98 Å². The number of hydrogen-bond acceptors (Lipinski definition) is 8. The van der Waals surface area contributed by atoms with Crippen molar-refractivity contribution in [3.05, 3.63) is 40.3 Å². The summed E-state index contributed by atoms with van der Waals surface area (Å²) in [6.45, 7) is 3.58. The zero-order valence-electron chi connectivity index (χ0n) is 14.8. The van der Waals surface area contributed by atoms with E-state index in [0.717, 1.165) is 5.01 Å². The van der Waals surface area contributed by atoms with Crippen LogP contribution in [0.1, 0.15) is 14.7 Å². The Hall–Kier alpha value is -2.01. The van der Waals surface area contributed by atoms with Gasteiger partial charge < -0.3 is 14.2 Å². The molecule has 27 heavy (non-hydrogen) atoms. The summed E-state index contributed by atoms with van der Waals surface area (Å²) in [5, 5.41) is 0.797. The quantitative estimate of drug-likeness (QED) is 0.505. The Kier molecular flexibility index (Phi) is 6.42. The van der Waals surface area contributed by atoms with Gasteiger partial charge in [-0.3, -0.25) is 0 Å². The van der Waals surface area contributed by atoms with Crippen LogP contribution in [-0.4, -0.2) is 63.2 Å². The summed E-state index contributed by atoms with van der Waals surface area (Å²) in [7, 11) is -3.52. The van der Waals surface area contributed by atoms with Gasteiger partial charge in [0, 0.05) is 13.1 Å². The van der Waals surface area contributed by atoms with Crippen LogP contribution in [0.5, 0.6) is 5.75 Å². The number of nitrogens with zero attached hydrogens (tertiary/aromatic N) is 2. The molecule has 0 atom stereocenters. The van der Waals surface area contributed by atoms with Gasteiger partial charge in [0.25, 0.3) is 0 Å². The van der Waals surface area contributed by atoms with E-state index < -0.39 is 16.0 Å². The molecule has 1 aliphatic heterocycles. The van der Waals surface area contributed by atoms with Crippen molar-refractivity contribution in [1.29, 1.82) is 0 Å². The Balaban J connectivity index is 1.48. The number of rotatable bonds is 7. The number of benzene rings is 1. The second-order valence-electron chi connectivity index (χ2n) is 5.72. The van der Waals surface area contributed by atoms with Crippen molar-refractivity contribution in [3.63, 3.8) is 0 Å². The maximum absolute atomic E-state index is 12.5. The van der Waals surface area contributed by atoms with E-state index >= 15 is 0 Å². The predicted molar refractivity (Wildman–Crippen MR) is 98.6 cm³/mol. The van der Waals surface area contributed by atoms with E-state index in [1.54, 1.807) is 12.1 Å². The summed E-state index contributed by atoms with van der Waals surface area (Å²) in [6.07, 6.45) is 1.48. The standard InChI is InChI=1S/C17H20N2O6S2/c1-13-18-12-16(26-13)17(20)25-11-10-24-14-2-4-15(5-3-14)27(21,22)19-6-8-23-9-7-19/h2-5,12H,6-11H2,1H3. The SMILES string of the molecule is Cc1ncc(C(=O)OCCOc2ccc(S(=O)(=O)N3CCOCC3)cc2)s1. The summed E-state index contributed by atoms with van der Waals surface area (Å²) < 4.78 is 42.3. The van der Waals surface area contributed by atoms with E-state index in [0.29, 0.717) is 36.9 Å². The first-order chi connectivity index (χ1) is 13.0. The van der Waals surface area contributed by atoms with E-state index in [9.17, 15) is 13.2 Å². The van der Waals surface area contributed by atoms with Crippen molar-refractivity contribution >= 4 is 27.3 Å². The maximum Gasteiger partial charge on any atom is 0.350 e. The fraction of sp³-hybridized carbons (Fsp3) is 0.412. The van der Waals surface area contributed by atoms with Crippen molar-refractivity contribution in [2.24, 2.45) is 0 Å². The summed E-state index contributed by atoms with van der Waals surface area (Å²) in [5.41, 5.74) is 0. The largest absolute Gasteiger partial charge is 0.490 e. The Morgan fingerprint density at radius 1 is 1.22 bits per heavy atom. The molecule has 0 N–H and O–H groups in total. The molecule has 2 aromatic rings. The molecule has 1 aromatic heterocycles. The van der Waals surface area contributed by atoms with Crippen molar-refractivity contribution < 1.29 is 27.4 Å². The molecule has 3 rings (SSSR count). The molecule has 0 saturated carbocycles. The molecule has 1 aromatic carbocycles. The van der Waals surface area contributed by atoms with Gasteiger partial charge in [0.2, 0.25) is 10.0 Å². The third kappa shape index (κ3) is 5.04. The first-order valence-corrected chi connectivity index (χ1v) is 10.6. The minimum absolute atomic E-state index is 0.0869. The van der Waals surface area contributed by atoms with E-state index in [4.69, 9.17) is 14.2 Å². The summed E-state index contributed by atoms with van der Waals surface area (Å²) >= 11 is 1.27. The van der Waals surface area contributed by atoms with Gasteiger partial charge in [-0.25, -0.2) is 18.2 Å². The summed E-state index contributed by atoms with van der Waals surface area (Å²) in [4.78, 5) is 16.5. The second-order valence-corrected chi connectivity index (χ2v) is 8.89. The molecule has 1 aliphatic rings. The minimum Gasteiger partial charge on any atom is -0.490 e. The van der Waals surface area contributed by atoms with Gasteiger partial charge in [-0.15, -0.1) is 11.3 Å². The Bertz CT molecular complexity index is 873. The van der Waals surface area contributed by atoms with Crippen LogP contribution < -0.4 is 4.74 Å². The van der Waals surface area contributed by atoms with Gasteiger partial charge in [-0.1, -0.05) is 0 Å². The van der Waals surface area contributed by atoms with Crippen LogP contribution in [0.15, 0.2) is 35.4 Å². The van der Waals surface area contributed by atoms with Gasteiger partial charge >= 0.3 is 5.97 Å². The molecule has 0 spiro atoms. The second kappa shape index (κ2) is 8.79. The molecule has 0 amide bonds. The van der Waals surface area contributed by atoms with Crippen LogP contribution in [0, 0.1) is 6.92 Å². The third-order valence-electron chi connectivity index (χ3n) is 3.84. The Morgan fingerprint density at radius 3 is 2.56 bits per heavy atom. The van der Waals surface area contributed by atoms with Crippen LogP contribution in [0.3, 0.4) is 0 Å². The maximum atomic E-state index is 12.5. The molecule has 146 valence electrons. The molecule has 0 bridgehead atoms. The van der Waals surface area contributed by atoms with Crippen molar-refractivity contribution in [2.75, 3.05) is 39.5 Å². The first-order valence-electron chi connectivity index (χ1n) is 8.37. The van der Waals surface area contributed by atoms with Gasteiger partial charge in [0.15, 0.2) is 0 Å². The van der Waals surface area contributed by atoms with Crippen LogP contribution >= 0.6 is 11.3 Å². The lowest BCUT2D eigenvalue weighted by Gasteiger charge is -2.26.